The Morgan fingerprint density at radius 2 is 1.05 bits per heavy atom. The zero-order chi connectivity index (χ0) is 15.3. The highest BCUT2D eigenvalue weighted by Crippen LogP contribution is 2.39. The predicted octanol–water partition coefficient (Wildman–Crippen LogP) is 6.63. The molecule has 0 aliphatic carbocycles. The lowest BCUT2D eigenvalue weighted by atomic mass is 10.1. The zero-order valence-electron chi connectivity index (χ0n) is 9.78. The second kappa shape index (κ2) is 8.17. The van der Waals surface area contributed by atoms with E-state index in [0.717, 1.165) is 29.0 Å². The van der Waals surface area contributed by atoms with Crippen molar-refractivity contribution in [2.45, 2.75) is 0 Å². The van der Waals surface area contributed by atoms with Crippen LogP contribution in [0, 0.1) is 0 Å². The summed E-state index contributed by atoms with van der Waals surface area (Å²) < 4.78 is 4.23. The minimum Gasteiger partial charge on any atom is -0.450 e. The molecule has 0 aliphatic rings. The molecule has 0 unspecified atom stereocenters. The molecule has 2 N–H and O–H groups in total. The number of carbonyl (C=O) groups is 1. The highest BCUT2D eigenvalue weighted by atomic mass is 79.9. The average Bonchev–Trinajstić information content (AvgIpc) is 2.36. The maximum absolute atomic E-state index is 8.56. The molecule has 0 saturated carbocycles. The van der Waals surface area contributed by atoms with Gasteiger partial charge in [0.1, 0.15) is 0 Å². The quantitative estimate of drug-likeness (QED) is 0.434. The van der Waals surface area contributed by atoms with Crippen molar-refractivity contribution in [1.82, 2.24) is 0 Å². The average molecular weight is 532 g/mol. The van der Waals surface area contributed by atoms with Gasteiger partial charge < -0.3 is 10.2 Å². The first-order valence-electron chi connectivity index (χ1n) is 5.15. The van der Waals surface area contributed by atoms with Crippen molar-refractivity contribution in [3.8, 4) is 11.1 Å². The number of halogens is 4. The Balaban J connectivity index is 0.000000444. The van der Waals surface area contributed by atoms with E-state index in [-0.39, 0.29) is 0 Å². The van der Waals surface area contributed by atoms with E-state index in [0.29, 0.717) is 0 Å². The molecule has 0 heterocycles. The van der Waals surface area contributed by atoms with Crippen LogP contribution in [-0.4, -0.2) is 16.4 Å². The maximum Gasteiger partial charge on any atom is 0.503 e. The Labute approximate surface area is 149 Å². The van der Waals surface area contributed by atoms with E-state index in [4.69, 9.17) is 15.0 Å². The zero-order valence-corrected chi connectivity index (χ0v) is 16.1. The van der Waals surface area contributed by atoms with Crippen LogP contribution in [0.2, 0.25) is 0 Å². The van der Waals surface area contributed by atoms with Gasteiger partial charge in [-0.25, -0.2) is 4.79 Å². The van der Waals surface area contributed by atoms with Crippen LogP contribution in [0.1, 0.15) is 0 Å². The number of rotatable bonds is 1. The Hall–Kier alpha value is -0.370. The summed E-state index contributed by atoms with van der Waals surface area (Å²) in [6.45, 7) is 0. The molecule has 0 atom stereocenters. The van der Waals surface area contributed by atoms with Gasteiger partial charge in [0.25, 0.3) is 0 Å². The van der Waals surface area contributed by atoms with E-state index < -0.39 is 6.16 Å². The largest absolute Gasteiger partial charge is 0.503 e. The van der Waals surface area contributed by atoms with Gasteiger partial charge in [-0.15, -0.1) is 0 Å². The van der Waals surface area contributed by atoms with Crippen molar-refractivity contribution in [2.24, 2.45) is 0 Å². The molecule has 2 aromatic rings. The molecule has 0 saturated heterocycles. The summed E-state index contributed by atoms with van der Waals surface area (Å²) in [7, 11) is 0. The summed E-state index contributed by atoms with van der Waals surface area (Å²) in [5.74, 6) is 0. The monoisotopic (exact) mass is 528 g/mol. The fraction of sp³-hybridized carbons (Fsp3) is 0. The Kier molecular flexibility index (Phi) is 7.22. The summed E-state index contributed by atoms with van der Waals surface area (Å²) in [4.78, 5) is 8.56. The van der Waals surface area contributed by atoms with Crippen LogP contribution in [-0.2, 0) is 0 Å². The molecule has 0 aromatic heterocycles. The molecule has 2 rings (SSSR count). The molecule has 2 aromatic carbocycles. The third-order valence-electron chi connectivity index (χ3n) is 2.19. The summed E-state index contributed by atoms with van der Waals surface area (Å²) in [6, 6.07) is 12.2. The lowest BCUT2D eigenvalue weighted by Gasteiger charge is -2.09. The minimum absolute atomic E-state index is 1.05. The van der Waals surface area contributed by atoms with Crippen molar-refractivity contribution in [1.29, 1.82) is 0 Å². The molecule has 20 heavy (non-hydrogen) atoms. The van der Waals surface area contributed by atoms with Crippen LogP contribution in [0.15, 0.2) is 54.3 Å². The molecule has 0 fully saturated rings. The van der Waals surface area contributed by atoms with Crippen molar-refractivity contribution < 1.29 is 15.0 Å². The first-order chi connectivity index (χ1) is 9.34. The van der Waals surface area contributed by atoms with Gasteiger partial charge in [-0.3, -0.25) is 0 Å². The first-order valence-corrected chi connectivity index (χ1v) is 8.32. The first kappa shape index (κ1) is 17.7. The third kappa shape index (κ3) is 4.87. The van der Waals surface area contributed by atoms with Crippen LogP contribution in [0.4, 0.5) is 4.79 Å². The lowest BCUT2D eigenvalue weighted by Crippen LogP contribution is -1.83. The smallest absolute Gasteiger partial charge is 0.450 e. The van der Waals surface area contributed by atoms with Crippen LogP contribution in [0.3, 0.4) is 0 Å². The topological polar surface area (TPSA) is 57.5 Å². The molecular formula is C13H8Br4O3. The fourth-order valence-electron chi connectivity index (χ4n) is 1.42. The minimum atomic E-state index is -1.83. The molecular weight excluding hydrogens is 524 g/mol. The van der Waals surface area contributed by atoms with Crippen molar-refractivity contribution in [3.63, 3.8) is 0 Å². The van der Waals surface area contributed by atoms with Crippen molar-refractivity contribution in [2.75, 3.05) is 0 Å². The van der Waals surface area contributed by atoms with Gasteiger partial charge >= 0.3 is 6.16 Å². The van der Waals surface area contributed by atoms with E-state index in [1.807, 2.05) is 24.3 Å². The van der Waals surface area contributed by atoms with Crippen LogP contribution < -0.4 is 0 Å². The second-order valence-corrected chi connectivity index (χ2v) is 6.78. The number of hydrogen-bond donors (Lipinski definition) is 2. The van der Waals surface area contributed by atoms with E-state index in [1.54, 1.807) is 0 Å². The molecule has 7 heteroatoms. The van der Waals surface area contributed by atoms with Gasteiger partial charge in [0, 0.05) is 17.9 Å². The molecule has 0 amide bonds. The van der Waals surface area contributed by atoms with E-state index in [2.05, 4.69) is 75.9 Å². The van der Waals surface area contributed by atoms with Gasteiger partial charge in [-0.05, 0) is 87.0 Å². The maximum atomic E-state index is 8.56. The SMILES string of the molecule is Brc1cccc(-c2cccc(Br)c2Br)c1Br.O=C(O)O. The fourth-order valence-corrected chi connectivity index (χ4v) is 3.11. The summed E-state index contributed by atoms with van der Waals surface area (Å²) in [5, 5.41) is 13.9. The number of carboxylic acid groups (broad SMARTS) is 2. The van der Waals surface area contributed by atoms with Gasteiger partial charge in [-0.2, -0.15) is 0 Å². The number of hydrogen-bond acceptors (Lipinski definition) is 1. The Morgan fingerprint density at radius 3 is 1.35 bits per heavy atom. The second-order valence-electron chi connectivity index (χ2n) is 3.49. The molecule has 106 valence electrons. The van der Waals surface area contributed by atoms with E-state index in [1.165, 1.54) is 0 Å². The summed E-state index contributed by atoms with van der Waals surface area (Å²) >= 11 is 14.2. The van der Waals surface area contributed by atoms with E-state index in [9.17, 15) is 0 Å². The van der Waals surface area contributed by atoms with Crippen LogP contribution in [0.25, 0.3) is 11.1 Å². The predicted molar refractivity (Wildman–Crippen MR) is 93.3 cm³/mol. The standard InChI is InChI=1S/C12H6Br4.CH2O3/c13-9-5-1-3-7(11(9)15)8-4-2-6-10(14)12(8)16;2-1(3)4/h1-6H;(H2,2,3,4). The Bertz CT molecular complexity index is 576. The number of benzene rings is 2. The van der Waals surface area contributed by atoms with Crippen LogP contribution in [0.5, 0.6) is 0 Å². The Morgan fingerprint density at radius 1 is 0.750 bits per heavy atom. The molecule has 0 aliphatic heterocycles. The molecule has 3 nitrogen and oxygen atoms in total. The normalized spacial score (nSPS) is 9.60. The highest BCUT2D eigenvalue weighted by molar-refractivity contribution is 9.13. The highest BCUT2D eigenvalue weighted by Gasteiger charge is 2.10. The molecule has 0 spiro atoms. The lowest BCUT2D eigenvalue weighted by molar-refractivity contribution is 0.137. The van der Waals surface area contributed by atoms with Gasteiger partial charge in [0.15, 0.2) is 0 Å². The summed E-state index contributed by atoms with van der Waals surface area (Å²) in [6.07, 6.45) is -1.83. The van der Waals surface area contributed by atoms with E-state index >= 15 is 0 Å². The third-order valence-corrected chi connectivity index (χ3v) is 6.29. The molecule has 0 bridgehead atoms. The molecule has 0 radical (unpaired) electrons. The van der Waals surface area contributed by atoms with Gasteiger partial charge in [-0.1, -0.05) is 24.3 Å². The van der Waals surface area contributed by atoms with Crippen molar-refractivity contribution in [3.05, 3.63) is 54.3 Å². The van der Waals surface area contributed by atoms with Crippen LogP contribution >= 0.6 is 63.7 Å². The summed E-state index contributed by atoms with van der Waals surface area (Å²) in [5.41, 5.74) is 2.31. The van der Waals surface area contributed by atoms with Gasteiger partial charge in [0.05, 0.1) is 0 Å². The van der Waals surface area contributed by atoms with Crippen molar-refractivity contribution >= 4 is 69.9 Å². The van der Waals surface area contributed by atoms with Gasteiger partial charge in [0.2, 0.25) is 0 Å².